The Morgan fingerprint density at radius 1 is 1.32 bits per heavy atom. The summed E-state index contributed by atoms with van der Waals surface area (Å²) in [6, 6.07) is 9.68. The Hall–Kier alpha value is -1.23. The molecule has 1 aromatic carbocycles. The molecule has 1 aromatic heterocycles. The quantitative estimate of drug-likeness (QED) is 0.846. The van der Waals surface area contributed by atoms with Crippen molar-refractivity contribution in [2.45, 2.75) is 11.4 Å². The van der Waals surface area contributed by atoms with Gasteiger partial charge in [-0.05, 0) is 49.2 Å². The molecule has 100 valence electrons. The Kier molecular flexibility index (Phi) is 5.07. The molecule has 0 saturated carbocycles. The second-order valence-electron chi connectivity index (χ2n) is 3.94. The van der Waals surface area contributed by atoms with Gasteiger partial charge in [0.25, 0.3) is 0 Å². The molecule has 0 fully saturated rings. The highest BCUT2D eigenvalue weighted by Gasteiger charge is 2.06. The SMILES string of the molecule is CNCc1cnc(Oc2ccc(SC)cc2)c(Cl)c1. The summed E-state index contributed by atoms with van der Waals surface area (Å²) in [6.07, 6.45) is 3.79. The smallest absolute Gasteiger partial charge is 0.238 e. The number of rotatable bonds is 5. The van der Waals surface area contributed by atoms with Crippen molar-refractivity contribution in [3.05, 3.63) is 47.1 Å². The van der Waals surface area contributed by atoms with Crippen molar-refractivity contribution < 1.29 is 4.74 Å². The number of halogens is 1. The molecule has 5 heteroatoms. The lowest BCUT2D eigenvalue weighted by Crippen LogP contribution is -2.05. The van der Waals surface area contributed by atoms with E-state index in [4.69, 9.17) is 16.3 Å². The second-order valence-corrected chi connectivity index (χ2v) is 5.23. The van der Waals surface area contributed by atoms with Gasteiger partial charge in [0.05, 0.1) is 0 Å². The summed E-state index contributed by atoms with van der Waals surface area (Å²) >= 11 is 7.84. The predicted octanol–water partition coefficient (Wildman–Crippen LogP) is 3.97. The van der Waals surface area contributed by atoms with E-state index in [0.29, 0.717) is 10.9 Å². The molecule has 0 unspecified atom stereocenters. The number of thioether (sulfide) groups is 1. The number of pyridine rings is 1. The van der Waals surface area contributed by atoms with E-state index in [2.05, 4.69) is 10.3 Å². The summed E-state index contributed by atoms with van der Waals surface area (Å²) in [5.41, 5.74) is 1.03. The first-order valence-corrected chi connectivity index (χ1v) is 7.44. The van der Waals surface area contributed by atoms with Crippen molar-refractivity contribution in [1.82, 2.24) is 10.3 Å². The van der Waals surface area contributed by atoms with E-state index in [9.17, 15) is 0 Å². The zero-order chi connectivity index (χ0) is 13.7. The summed E-state index contributed by atoms with van der Waals surface area (Å²) in [5.74, 6) is 1.16. The fourth-order valence-corrected chi connectivity index (χ4v) is 2.23. The van der Waals surface area contributed by atoms with Gasteiger partial charge in [0.15, 0.2) is 0 Å². The van der Waals surface area contributed by atoms with Crippen LogP contribution in [-0.4, -0.2) is 18.3 Å². The molecule has 0 aliphatic carbocycles. The van der Waals surface area contributed by atoms with E-state index in [1.54, 1.807) is 18.0 Å². The maximum atomic E-state index is 6.15. The molecule has 1 heterocycles. The number of nitrogens with one attached hydrogen (secondary N) is 1. The van der Waals surface area contributed by atoms with Crippen LogP contribution in [0.5, 0.6) is 11.6 Å². The normalized spacial score (nSPS) is 10.5. The zero-order valence-corrected chi connectivity index (χ0v) is 12.4. The van der Waals surface area contributed by atoms with Crippen LogP contribution in [0.4, 0.5) is 0 Å². The van der Waals surface area contributed by atoms with Crippen molar-refractivity contribution in [2.75, 3.05) is 13.3 Å². The number of benzene rings is 1. The fourth-order valence-electron chi connectivity index (χ4n) is 1.60. The minimum Gasteiger partial charge on any atom is -0.438 e. The molecule has 0 atom stereocenters. The summed E-state index contributed by atoms with van der Waals surface area (Å²) in [7, 11) is 1.88. The lowest BCUT2D eigenvalue weighted by molar-refractivity contribution is 0.462. The number of aromatic nitrogens is 1. The van der Waals surface area contributed by atoms with E-state index in [-0.39, 0.29) is 0 Å². The van der Waals surface area contributed by atoms with E-state index in [1.165, 1.54) is 4.90 Å². The molecule has 0 saturated heterocycles. The number of hydrogen-bond acceptors (Lipinski definition) is 4. The van der Waals surface area contributed by atoms with E-state index < -0.39 is 0 Å². The van der Waals surface area contributed by atoms with Gasteiger partial charge in [-0.15, -0.1) is 11.8 Å². The van der Waals surface area contributed by atoms with E-state index >= 15 is 0 Å². The lowest BCUT2D eigenvalue weighted by atomic mass is 10.3. The monoisotopic (exact) mass is 294 g/mol. The van der Waals surface area contributed by atoms with Crippen molar-refractivity contribution in [2.24, 2.45) is 0 Å². The fraction of sp³-hybridized carbons (Fsp3) is 0.214. The lowest BCUT2D eigenvalue weighted by Gasteiger charge is -2.08. The Morgan fingerprint density at radius 2 is 2.05 bits per heavy atom. The third-order valence-corrected chi connectivity index (χ3v) is 3.53. The molecule has 0 radical (unpaired) electrons. The average molecular weight is 295 g/mol. The molecule has 2 rings (SSSR count). The van der Waals surface area contributed by atoms with Crippen molar-refractivity contribution in [1.29, 1.82) is 0 Å². The standard InChI is InChI=1S/C14H15ClN2OS/c1-16-8-10-7-13(15)14(17-9-10)18-11-3-5-12(19-2)6-4-11/h3-7,9,16H,8H2,1-2H3. The highest BCUT2D eigenvalue weighted by Crippen LogP contribution is 2.28. The van der Waals surface area contributed by atoms with Crippen LogP contribution in [0, 0.1) is 0 Å². The number of ether oxygens (including phenoxy) is 1. The van der Waals surface area contributed by atoms with Crippen LogP contribution in [0.25, 0.3) is 0 Å². The van der Waals surface area contributed by atoms with Gasteiger partial charge in [-0.3, -0.25) is 0 Å². The second kappa shape index (κ2) is 6.80. The summed E-state index contributed by atoms with van der Waals surface area (Å²) in [5, 5.41) is 3.57. The summed E-state index contributed by atoms with van der Waals surface area (Å²) < 4.78 is 5.67. The minimum absolute atomic E-state index is 0.429. The van der Waals surface area contributed by atoms with Crippen molar-refractivity contribution in [3.8, 4) is 11.6 Å². The van der Waals surface area contributed by atoms with Crippen LogP contribution in [0.3, 0.4) is 0 Å². The van der Waals surface area contributed by atoms with Crippen molar-refractivity contribution >= 4 is 23.4 Å². The van der Waals surface area contributed by atoms with Crippen LogP contribution < -0.4 is 10.1 Å². The molecule has 3 nitrogen and oxygen atoms in total. The first kappa shape index (κ1) is 14.2. The van der Waals surface area contributed by atoms with Gasteiger partial charge in [-0.2, -0.15) is 0 Å². The molecule has 1 N–H and O–H groups in total. The third kappa shape index (κ3) is 3.86. The van der Waals surface area contributed by atoms with Gasteiger partial charge in [0, 0.05) is 17.6 Å². The van der Waals surface area contributed by atoms with E-state index in [0.717, 1.165) is 17.9 Å². The summed E-state index contributed by atoms with van der Waals surface area (Å²) in [4.78, 5) is 5.43. The van der Waals surface area contributed by atoms with Crippen molar-refractivity contribution in [3.63, 3.8) is 0 Å². The Bertz CT molecular complexity index is 546. The molecule has 2 aromatic rings. The molecule has 19 heavy (non-hydrogen) atoms. The first-order chi connectivity index (χ1) is 9.22. The van der Waals surface area contributed by atoms with Gasteiger partial charge in [0.1, 0.15) is 10.8 Å². The highest BCUT2D eigenvalue weighted by molar-refractivity contribution is 7.98. The van der Waals surface area contributed by atoms with Crippen LogP contribution in [0.1, 0.15) is 5.56 Å². The molecular formula is C14H15ClN2OS. The van der Waals surface area contributed by atoms with Crippen LogP contribution in [-0.2, 0) is 6.54 Å². The topological polar surface area (TPSA) is 34.2 Å². The van der Waals surface area contributed by atoms with Crippen LogP contribution in [0.2, 0.25) is 5.02 Å². The number of nitrogens with zero attached hydrogens (tertiary/aromatic N) is 1. The predicted molar refractivity (Wildman–Crippen MR) is 80.3 cm³/mol. The van der Waals surface area contributed by atoms with Crippen LogP contribution >= 0.6 is 23.4 Å². The van der Waals surface area contributed by atoms with Gasteiger partial charge in [-0.1, -0.05) is 11.6 Å². The minimum atomic E-state index is 0.429. The van der Waals surface area contributed by atoms with Gasteiger partial charge < -0.3 is 10.1 Å². The Labute approximate surface area is 122 Å². The number of hydrogen-bond donors (Lipinski definition) is 1. The Balaban J connectivity index is 2.13. The maximum absolute atomic E-state index is 6.15. The van der Waals surface area contributed by atoms with Gasteiger partial charge >= 0.3 is 0 Å². The molecular weight excluding hydrogens is 280 g/mol. The molecule has 0 bridgehead atoms. The molecule has 0 aliphatic heterocycles. The molecule has 0 amide bonds. The zero-order valence-electron chi connectivity index (χ0n) is 10.8. The third-order valence-electron chi connectivity index (χ3n) is 2.52. The summed E-state index contributed by atoms with van der Waals surface area (Å²) in [6.45, 7) is 0.732. The Morgan fingerprint density at radius 3 is 2.63 bits per heavy atom. The molecule has 0 aliphatic rings. The van der Waals surface area contributed by atoms with Gasteiger partial charge in [0.2, 0.25) is 5.88 Å². The largest absolute Gasteiger partial charge is 0.438 e. The molecule has 0 spiro atoms. The average Bonchev–Trinajstić information content (AvgIpc) is 2.43. The van der Waals surface area contributed by atoms with Gasteiger partial charge in [-0.25, -0.2) is 4.98 Å². The first-order valence-electron chi connectivity index (χ1n) is 5.84. The van der Waals surface area contributed by atoms with E-state index in [1.807, 2.05) is 43.6 Å². The maximum Gasteiger partial charge on any atom is 0.238 e. The highest BCUT2D eigenvalue weighted by atomic mass is 35.5. The van der Waals surface area contributed by atoms with Crippen LogP contribution in [0.15, 0.2) is 41.4 Å².